The van der Waals surface area contributed by atoms with Gasteiger partial charge in [-0.1, -0.05) is 6.07 Å². The van der Waals surface area contributed by atoms with Crippen LogP contribution in [0.25, 0.3) is 5.69 Å². The molecule has 2 rings (SSSR count). The zero-order valence-corrected chi connectivity index (χ0v) is 10.1. The summed E-state index contributed by atoms with van der Waals surface area (Å²) in [7, 11) is 1.26. The van der Waals surface area contributed by atoms with Gasteiger partial charge in [-0.2, -0.15) is 0 Å². The van der Waals surface area contributed by atoms with Gasteiger partial charge in [0.05, 0.1) is 12.8 Å². The van der Waals surface area contributed by atoms with Crippen molar-refractivity contribution in [3.63, 3.8) is 0 Å². The summed E-state index contributed by atoms with van der Waals surface area (Å²) in [6.45, 7) is -0.176. The van der Waals surface area contributed by atoms with Crippen LogP contribution in [0.3, 0.4) is 0 Å². The van der Waals surface area contributed by atoms with Gasteiger partial charge in [0.2, 0.25) is 0 Å². The molecule has 0 radical (unpaired) electrons. The SMILES string of the molecule is COC(=O)CNC(=O)c1cccc(-n2cnnn2)c1. The van der Waals surface area contributed by atoms with Crippen molar-refractivity contribution in [1.29, 1.82) is 0 Å². The predicted molar refractivity (Wildman–Crippen MR) is 63.5 cm³/mol. The first kappa shape index (κ1) is 12.7. The van der Waals surface area contributed by atoms with Gasteiger partial charge in [0.15, 0.2) is 0 Å². The number of aromatic nitrogens is 4. The average Bonchev–Trinajstić information content (AvgIpc) is 2.98. The van der Waals surface area contributed by atoms with E-state index in [1.807, 2.05) is 0 Å². The van der Waals surface area contributed by atoms with Crippen LogP contribution in [-0.2, 0) is 9.53 Å². The van der Waals surface area contributed by atoms with Crippen LogP contribution in [0.4, 0.5) is 0 Å². The quantitative estimate of drug-likeness (QED) is 0.749. The molecule has 98 valence electrons. The van der Waals surface area contributed by atoms with E-state index >= 15 is 0 Å². The monoisotopic (exact) mass is 261 g/mol. The number of nitrogens with one attached hydrogen (secondary N) is 1. The summed E-state index contributed by atoms with van der Waals surface area (Å²) in [5.74, 6) is -0.884. The molecule has 0 bridgehead atoms. The highest BCUT2D eigenvalue weighted by atomic mass is 16.5. The molecule has 0 aliphatic rings. The molecule has 0 saturated carbocycles. The molecule has 0 aliphatic carbocycles. The van der Waals surface area contributed by atoms with Crippen molar-refractivity contribution in [3.8, 4) is 5.69 Å². The molecule has 1 heterocycles. The number of hydrogen-bond donors (Lipinski definition) is 1. The maximum absolute atomic E-state index is 11.8. The third-order valence-electron chi connectivity index (χ3n) is 2.34. The van der Waals surface area contributed by atoms with Crippen molar-refractivity contribution in [2.75, 3.05) is 13.7 Å². The Morgan fingerprint density at radius 2 is 2.26 bits per heavy atom. The molecule has 1 aromatic heterocycles. The Hall–Kier alpha value is -2.77. The van der Waals surface area contributed by atoms with E-state index in [-0.39, 0.29) is 12.5 Å². The van der Waals surface area contributed by atoms with Gasteiger partial charge in [-0.05, 0) is 28.6 Å². The first-order valence-electron chi connectivity index (χ1n) is 5.39. The van der Waals surface area contributed by atoms with Crippen LogP contribution in [-0.4, -0.2) is 45.7 Å². The first-order chi connectivity index (χ1) is 9.20. The van der Waals surface area contributed by atoms with Crippen LogP contribution in [0.15, 0.2) is 30.6 Å². The van der Waals surface area contributed by atoms with E-state index in [1.165, 1.54) is 18.1 Å². The second-order valence-corrected chi connectivity index (χ2v) is 3.56. The molecule has 1 N–H and O–H groups in total. The zero-order chi connectivity index (χ0) is 13.7. The highest BCUT2D eigenvalue weighted by Crippen LogP contribution is 2.08. The lowest BCUT2D eigenvalue weighted by Crippen LogP contribution is -2.30. The summed E-state index contributed by atoms with van der Waals surface area (Å²) in [5.41, 5.74) is 1.05. The van der Waals surface area contributed by atoms with Gasteiger partial charge in [0.1, 0.15) is 12.9 Å². The van der Waals surface area contributed by atoms with Crippen LogP contribution in [0.2, 0.25) is 0 Å². The minimum absolute atomic E-state index is 0.176. The van der Waals surface area contributed by atoms with E-state index in [0.717, 1.165) is 0 Å². The topological polar surface area (TPSA) is 99.0 Å². The van der Waals surface area contributed by atoms with E-state index in [0.29, 0.717) is 11.3 Å². The van der Waals surface area contributed by atoms with E-state index in [9.17, 15) is 9.59 Å². The maximum atomic E-state index is 11.8. The molecule has 1 amide bonds. The molecule has 8 nitrogen and oxygen atoms in total. The Morgan fingerprint density at radius 3 is 2.95 bits per heavy atom. The highest BCUT2D eigenvalue weighted by Gasteiger charge is 2.09. The number of carbonyl (C=O) groups is 2. The Labute approximate surface area is 108 Å². The number of carbonyl (C=O) groups excluding carboxylic acids is 2. The van der Waals surface area contributed by atoms with Crippen LogP contribution in [0.1, 0.15) is 10.4 Å². The predicted octanol–water partition coefficient (Wildman–Crippen LogP) is -0.435. The van der Waals surface area contributed by atoms with Gasteiger partial charge in [-0.25, -0.2) is 4.68 Å². The summed E-state index contributed by atoms with van der Waals surface area (Å²) in [6, 6.07) is 6.70. The number of esters is 1. The molecule has 1 aromatic carbocycles. The van der Waals surface area contributed by atoms with Crippen LogP contribution in [0, 0.1) is 0 Å². The van der Waals surface area contributed by atoms with E-state index < -0.39 is 5.97 Å². The van der Waals surface area contributed by atoms with Crippen molar-refractivity contribution in [2.24, 2.45) is 0 Å². The summed E-state index contributed by atoms with van der Waals surface area (Å²) in [4.78, 5) is 22.7. The molecule has 0 atom stereocenters. The Morgan fingerprint density at radius 1 is 1.42 bits per heavy atom. The standard InChI is InChI=1S/C11H11N5O3/c1-19-10(17)6-12-11(18)8-3-2-4-9(5-8)16-7-13-14-15-16/h2-5,7H,6H2,1H3,(H,12,18). The Kier molecular flexibility index (Phi) is 3.81. The fraction of sp³-hybridized carbons (Fsp3) is 0.182. The molecular formula is C11H11N5O3. The molecule has 0 aliphatic heterocycles. The lowest BCUT2D eigenvalue weighted by Gasteiger charge is -2.05. The molecular weight excluding hydrogens is 250 g/mol. The highest BCUT2D eigenvalue weighted by molar-refractivity contribution is 5.96. The Balaban J connectivity index is 2.10. The largest absolute Gasteiger partial charge is 0.468 e. The van der Waals surface area contributed by atoms with Crippen molar-refractivity contribution in [2.45, 2.75) is 0 Å². The minimum Gasteiger partial charge on any atom is -0.468 e. The molecule has 2 aromatic rings. The van der Waals surface area contributed by atoms with Gasteiger partial charge in [0, 0.05) is 5.56 Å². The smallest absolute Gasteiger partial charge is 0.325 e. The number of methoxy groups -OCH3 is 1. The fourth-order valence-electron chi connectivity index (χ4n) is 1.40. The van der Waals surface area contributed by atoms with Crippen LogP contribution >= 0.6 is 0 Å². The lowest BCUT2D eigenvalue weighted by molar-refractivity contribution is -0.139. The third kappa shape index (κ3) is 3.12. The molecule has 19 heavy (non-hydrogen) atoms. The number of hydrogen-bond acceptors (Lipinski definition) is 6. The normalized spacial score (nSPS) is 9.95. The molecule has 0 unspecified atom stereocenters. The van der Waals surface area contributed by atoms with Crippen LogP contribution < -0.4 is 5.32 Å². The summed E-state index contributed by atoms with van der Waals surface area (Å²) < 4.78 is 5.86. The van der Waals surface area contributed by atoms with Crippen molar-refractivity contribution in [3.05, 3.63) is 36.2 Å². The van der Waals surface area contributed by atoms with Gasteiger partial charge in [-0.15, -0.1) is 5.10 Å². The number of benzene rings is 1. The van der Waals surface area contributed by atoms with E-state index in [2.05, 4.69) is 25.6 Å². The number of tetrazole rings is 1. The number of nitrogens with zero attached hydrogens (tertiary/aromatic N) is 4. The van der Waals surface area contributed by atoms with Crippen molar-refractivity contribution in [1.82, 2.24) is 25.5 Å². The van der Waals surface area contributed by atoms with Gasteiger partial charge in [-0.3, -0.25) is 9.59 Å². The average molecular weight is 261 g/mol. The number of ether oxygens (including phenoxy) is 1. The summed E-state index contributed by atoms with van der Waals surface area (Å²) in [5, 5.41) is 13.2. The minimum atomic E-state index is -0.509. The second-order valence-electron chi connectivity index (χ2n) is 3.56. The van der Waals surface area contributed by atoms with Gasteiger partial charge >= 0.3 is 5.97 Å². The third-order valence-corrected chi connectivity index (χ3v) is 2.34. The second kappa shape index (κ2) is 5.71. The van der Waals surface area contributed by atoms with Gasteiger partial charge < -0.3 is 10.1 Å². The van der Waals surface area contributed by atoms with Crippen LogP contribution in [0.5, 0.6) is 0 Å². The zero-order valence-electron chi connectivity index (χ0n) is 10.1. The molecule has 8 heteroatoms. The number of rotatable bonds is 4. The first-order valence-corrected chi connectivity index (χ1v) is 5.39. The van der Waals surface area contributed by atoms with Crippen molar-refractivity contribution < 1.29 is 14.3 Å². The molecule has 0 spiro atoms. The maximum Gasteiger partial charge on any atom is 0.325 e. The van der Waals surface area contributed by atoms with Crippen molar-refractivity contribution >= 4 is 11.9 Å². The molecule has 0 fully saturated rings. The fourth-order valence-corrected chi connectivity index (χ4v) is 1.40. The van der Waals surface area contributed by atoms with E-state index in [1.54, 1.807) is 24.3 Å². The van der Waals surface area contributed by atoms with Gasteiger partial charge in [0.25, 0.3) is 5.91 Å². The Bertz CT molecular complexity index is 582. The van der Waals surface area contributed by atoms with E-state index in [4.69, 9.17) is 0 Å². The lowest BCUT2D eigenvalue weighted by atomic mass is 10.2. The molecule has 0 saturated heterocycles. The summed E-state index contributed by atoms with van der Waals surface area (Å²) >= 11 is 0. The number of amides is 1. The summed E-state index contributed by atoms with van der Waals surface area (Å²) in [6.07, 6.45) is 1.42.